The van der Waals surface area contributed by atoms with Gasteiger partial charge in [-0.1, -0.05) is 44.2 Å². The number of ether oxygens (including phenoxy) is 1. The van der Waals surface area contributed by atoms with Gasteiger partial charge in [0.25, 0.3) is 5.91 Å². The third kappa shape index (κ3) is 7.20. The maximum absolute atomic E-state index is 13.8. The van der Waals surface area contributed by atoms with Crippen LogP contribution in [0.4, 0.5) is 9.59 Å². The first-order chi connectivity index (χ1) is 15.3. The van der Waals surface area contributed by atoms with Crippen LogP contribution < -0.4 is 10.6 Å². The predicted octanol–water partition coefficient (Wildman–Crippen LogP) is 4.09. The van der Waals surface area contributed by atoms with Crippen molar-refractivity contribution in [1.29, 1.82) is 0 Å². The highest BCUT2D eigenvalue weighted by Crippen LogP contribution is 2.35. The minimum atomic E-state index is -1.09. The van der Waals surface area contributed by atoms with E-state index in [9.17, 15) is 14.4 Å². The molecule has 1 aliphatic rings. The number of aliphatic imine (C=N–C) groups is 1. The number of carbonyl (C=O) groups is 3. The van der Waals surface area contributed by atoms with Gasteiger partial charge >= 0.3 is 12.2 Å². The van der Waals surface area contributed by atoms with Crippen LogP contribution >= 0.6 is 0 Å². The normalized spacial score (nSPS) is 20.6. The average molecular weight is 461 g/mol. The molecule has 0 spiro atoms. The number of carboxylic acid groups (broad SMARTS) is 1. The number of hydrogen-bond acceptors (Lipinski definition) is 4. The third-order valence-electron chi connectivity index (χ3n) is 5.15. The van der Waals surface area contributed by atoms with Crippen LogP contribution in [-0.2, 0) is 15.1 Å². The molecule has 1 saturated heterocycles. The van der Waals surface area contributed by atoms with Gasteiger partial charge in [0, 0.05) is 12.6 Å². The fourth-order valence-corrected chi connectivity index (χ4v) is 3.93. The van der Waals surface area contributed by atoms with E-state index in [2.05, 4.69) is 15.6 Å². The lowest BCUT2D eigenvalue weighted by atomic mass is 9.82. The summed E-state index contributed by atoms with van der Waals surface area (Å²) in [7, 11) is 0. The minimum absolute atomic E-state index is 0.151. The van der Waals surface area contributed by atoms with E-state index < -0.39 is 23.3 Å². The van der Waals surface area contributed by atoms with E-state index in [4.69, 9.17) is 9.84 Å². The Labute approximate surface area is 195 Å². The van der Waals surface area contributed by atoms with Crippen LogP contribution in [0.25, 0.3) is 0 Å². The summed E-state index contributed by atoms with van der Waals surface area (Å²) in [5.41, 5.74) is -0.980. The van der Waals surface area contributed by atoms with Crippen LogP contribution in [0.5, 0.6) is 0 Å². The molecular weight excluding hydrogens is 424 g/mol. The van der Waals surface area contributed by atoms with E-state index >= 15 is 0 Å². The second-order valence-electron chi connectivity index (χ2n) is 9.86. The molecule has 2 rings (SSSR count). The Kier molecular flexibility index (Phi) is 8.46. The largest absolute Gasteiger partial charge is 0.465 e. The van der Waals surface area contributed by atoms with Gasteiger partial charge in [0.05, 0.1) is 0 Å². The molecule has 9 nitrogen and oxygen atoms in total. The van der Waals surface area contributed by atoms with E-state index in [1.807, 2.05) is 44.2 Å². The standard InChI is InChI=1S/C24H36N4O5/c1-16(2)15-24(18-12-8-7-9-13-18)19(29)28(14-10-11-17(3)25-21(30)31)20(27-24)26-22(32)33-23(4,5)6/h7-9,12-13,16-17,25H,10-11,14-15H2,1-6H3,(H,30,31)(H,26,27,32)/t17?,24-/m1/s1. The molecule has 1 unspecified atom stereocenters. The van der Waals surface area contributed by atoms with Gasteiger partial charge in [-0.15, -0.1) is 4.99 Å². The molecule has 0 bridgehead atoms. The molecule has 1 aliphatic heterocycles. The zero-order valence-electron chi connectivity index (χ0n) is 20.3. The second kappa shape index (κ2) is 10.7. The Hall–Kier alpha value is -3.10. The summed E-state index contributed by atoms with van der Waals surface area (Å²) >= 11 is 0. The van der Waals surface area contributed by atoms with Gasteiger partial charge < -0.3 is 20.5 Å². The van der Waals surface area contributed by atoms with E-state index in [0.29, 0.717) is 19.3 Å². The van der Waals surface area contributed by atoms with Crippen molar-refractivity contribution in [3.8, 4) is 0 Å². The molecule has 1 fully saturated rings. The molecule has 0 saturated carbocycles. The van der Waals surface area contributed by atoms with Crippen LogP contribution in [-0.4, -0.2) is 52.2 Å². The molecule has 3 amide bonds. The monoisotopic (exact) mass is 460 g/mol. The van der Waals surface area contributed by atoms with Crippen LogP contribution in [0.1, 0.15) is 66.4 Å². The van der Waals surface area contributed by atoms with Crippen molar-refractivity contribution in [1.82, 2.24) is 15.5 Å². The molecule has 3 N–H and O–H groups in total. The number of nitrogens with one attached hydrogen (secondary N) is 2. The van der Waals surface area contributed by atoms with Crippen LogP contribution in [0.3, 0.4) is 0 Å². The third-order valence-corrected chi connectivity index (χ3v) is 5.15. The van der Waals surface area contributed by atoms with Gasteiger partial charge in [-0.3, -0.25) is 9.69 Å². The Balaban J connectivity index is 2.38. The van der Waals surface area contributed by atoms with Crippen LogP contribution in [0.2, 0.25) is 0 Å². The number of rotatable bonds is 8. The Morgan fingerprint density at radius 1 is 1.21 bits per heavy atom. The van der Waals surface area contributed by atoms with Crippen LogP contribution in [0, 0.1) is 5.92 Å². The van der Waals surface area contributed by atoms with Crippen LogP contribution in [0.15, 0.2) is 35.3 Å². The van der Waals surface area contributed by atoms with Crippen molar-refractivity contribution in [3.05, 3.63) is 35.9 Å². The zero-order valence-corrected chi connectivity index (χ0v) is 20.3. The van der Waals surface area contributed by atoms with Crippen molar-refractivity contribution in [2.45, 2.75) is 78.0 Å². The zero-order chi connectivity index (χ0) is 24.8. The lowest BCUT2D eigenvalue weighted by Crippen LogP contribution is -2.45. The molecule has 1 heterocycles. The predicted molar refractivity (Wildman–Crippen MR) is 126 cm³/mol. The maximum atomic E-state index is 13.8. The lowest BCUT2D eigenvalue weighted by molar-refractivity contribution is -0.132. The average Bonchev–Trinajstić information content (AvgIpc) is 2.92. The summed E-state index contributed by atoms with van der Waals surface area (Å²) in [5, 5.41) is 14.6. The highest BCUT2D eigenvalue weighted by molar-refractivity contribution is 6.11. The van der Waals surface area contributed by atoms with E-state index in [0.717, 1.165) is 5.56 Å². The Morgan fingerprint density at radius 3 is 2.39 bits per heavy atom. The van der Waals surface area contributed by atoms with Crippen molar-refractivity contribution in [3.63, 3.8) is 0 Å². The summed E-state index contributed by atoms with van der Waals surface area (Å²) in [5.74, 6) is 0.144. The van der Waals surface area contributed by atoms with Crippen molar-refractivity contribution < 1.29 is 24.2 Å². The number of nitrogens with zero attached hydrogens (tertiary/aromatic N) is 2. The summed E-state index contributed by atoms with van der Waals surface area (Å²) < 4.78 is 5.34. The highest BCUT2D eigenvalue weighted by Gasteiger charge is 2.51. The summed E-state index contributed by atoms with van der Waals surface area (Å²) in [6.45, 7) is 11.4. The first kappa shape index (κ1) is 26.2. The van der Waals surface area contributed by atoms with Gasteiger partial charge in [0.15, 0.2) is 0 Å². The van der Waals surface area contributed by atoms with Gasteiger partial charge in [-0.05, 0) is 58.4 Å². The molecule has 9 heteroatoms. The fourth-order valence-electron chi connectivity index (χ4n) is 3.93. The minimum Gasteiger partial charge on any atom is -0.465 e. The number of hydrogen-bond donors (Lipinski definition) is 3. The van der Waals surface area contributed by atoms with Gasteiger partial charge in [0.1, 0.15) is 11.1 Å². The van der Waals surface area contributed by atoms with E-state index in [-0.39, 0.29) is 30.4 Å². The second-order valence-corrected chi connectivity index (χ2v) is 9.86. The number of benzene rings is 1. The van der Waals surface area contributed by atoms with E-state index in [1.54, 1.807) is 27.7 Å². The quantitative estimate of drug-likeness (QED) is 0.537. The van der Waals surface area contributed by atoms with Gasteiger partial charge in [0.2, 0.25) is 5.96 Å². The number of amides is 3. The molecule has 1 aromatic carbocycles. The number of carbonyl (C=O) groups excluding carboxylic acids is 2. The SMILES string of the molecule is CC(C)C[C@]1(c2ccccc2)NC(=NC(=O)OC(C)(C)C)N(CCCC(C)NC(=O)O)C1=O. The molecule has 33 heavy (non-hydrogen) atoms. The molecule has 1 aromatic rings. The lowest BCUT2D eigenvalue weighted by Gasteiger charge is -2.29. The van der Waals surface area contributed by atoms with Gasteiger partial charge in [-0.25, -0.2) is 9.59 Å². The maximum Gasteiger partial charge on any atom is 0.437 e. The molecule has 2 atom stereocenters. The molecule has 0 radical (unpaired) electrons. The molecule has 0 aromatic heterocycles. The molecule has 0 aliphatic carbocycles. The first-order valence-corrected chi connectivity index (χ1v) is 11.3. The smallest absolute Gasteiger partial charge is 0.437 e. The first-order valence-electron chi connectivity index (χ1n) is 11.3. The molecular formula is C24H36N4O5. The summed E-state index contributed by atoms with van der Waals surface area (Å²) in [4.78, 5) is 42.7. The van der Waals surface area contributed by atoms with Crippen molar-refractivity contribution in [2.75, 3.05) is 6.54 Å². The van der Waals surface area contributed by atoms with Gasteiger partial charge in [-0.2, -0.15) is 0 Å². The molecule has 182 valence electrons. The van der Waals surface area contributed by atoms with Crippen molar-refractivity contribution >= 4 is 24.1 Å². The topological polar surface area (TPSA) is 120 Å². The summed E-state index contributed by atoms with van der Waals surface area (Å²) in [6.07, 6.45) is -0.310. The Morgan fingerprint density at radius 2 is 1.85 bits per heavy atom. The van der Waals surface area contributed by atoms with Crippen molar-refractivity contribution in [2.24, 2.45) is 10.9 Å². The Bertz CT molecular complexity index is 879. The summed E-state index contributed by atoms with van der Waals surface area (Å²) in [6, 6.07) is 9.14. The number of guanidine groups is 1. The fraction of sp³-hybridized carbons (Fsp3) is 0.583. The highest BCUT2D eigenvalue weighted by atomic mass is 16.6. The van der Waals surface area contributed by atoms with E-state index in [1.165, 1.54) is 4.90 Å².